The first kappa shape index (κ1) is 12.9. The largest absolute Gasteiger partial charge is 0.299 e. The Hall–Kier alpha value is -1.77. The molecule has 0 radical (unpaired) electrons. The zero-order valence-corrected chi connectivity index (χ0v) is 11.9. The van der Waals surface area contributed by atoms with Gasteiger partial charge in [0.1, 0.15) is 11.6 Å². The number of benzene rings is 1. The number of Topliss-reactive ketones (excluding diaryl/α,β-unsaturated/α-hetero) is 3. The molecular weight excluding hydrogens is 264 g/mol. The molecule has 0 aliphatic heterocycles. The summed E-state index contributed by atoms with van der Waals surface area (Å²) < 4.78 is 0. The quantitative estimate of drug-likeness (QED) is 0.687. The summed E-state index contributed by atoms with van der Waals surface area (Å²) in [5, 5.41) is 0. The van der Waals surface area contributed by atoms with Crippen LogP contribution >= 0.6 is 0 Å². The molecule has 3 aliphatic rings. The highest BCUT2D eigenvalue weighted by molar-refractivity contribution is 6.18. The van der Waals surface area contributed by atoms with Crippen LogP contribution in [0.25, 0.3) is 0 Å². The van der Waals surface area contributed by atoms with Gasteiger partial charge in [-0.3, -0.25) is 14.4 Å². The predicted molar refractivity (Wildman–Crippen MR) is 76.9 cm³/mol. The molecule has 1 aromatic rings. The van der Waals surface area contributed by atoms with Crippen LogP contribution in [0.2, 0.25) is 0 Å². The Bertz CT molecular complexity index is 646. The maximum atomic E-state index is 12.8. The third-order valence-electron chi connectivity index (χ3n) is 5.58. The Kier molecular flexibility index (Phi) is 2.84. The van der Waals surface area contributed by atoms with Gasteiger partial charge in [0.05, 0.1) is 5.92 Å². The van der Waals surface area contributed by atoms with Crippen LogP contribution in [0.4, 0.5) is 0 Å². The van der Waals surface area contributed by atoms with Crippen LogP contribution in [0.5, 0.6) is 0 Å². The van der Waals surface area contributed by atoms with Crippen molar-refractivity contribution in [1.29, 1.82) is 0 Å². The van der Waals surface area contributed by atoms with Crippen molar-refractivity contribution < 1.29 is 14.4 Å². The van der Waals surface area contributed by atoms with Crippen LogP contribution in [0.3, 0.4) is 0 Å². The number of carbonyl (C=O) groups excluding carboxylic acids is 3. The molecule has 0 heterocycles. The van der Waals surface area contributed by atoms with Crippen LogP contribution < -0.4 is 0 Å². The average Bonchev–Trinajstić information content (AvgIpc) is 2.52. The van der Waals surface area contributed by atoms with Gasteiger partial charge in [0.25, 0.3) is 0 Å². The Morgan fingerprint density at radius 2 is 1.48 bits per heavy atom. The Morgan fingerprint density at radius 3 is 2.24 bits per heavy atom. The minimum atomic E-state index is -0.702. The van der Waals surface area contributed by atoms with E-state index in [4.69, 9.17) is 0 Å². The molecule has 3 aliphatic carbocycles. The highest BCUT2D eigenvalue weighted by Crippen LogP contribution is 2.45. The first-order valence-corrected chi connectivity index (χ1v) is 7.88. The van der Waals surface area contributed by atoms with E-state index in [-0.39, 0.29) is 29.2 Å². The lowest BCUT2D eigenvalue weighted by Gasteiger charge is -2.42. The first-order valence-electron chi connectivity index (χ1n) is 7.88. The lowest BCUT2D eigenvalue weighted by Crippen LogP contribution is -2.53. The zero-order valence-electron chi connectivity index (χ0n) is 11.9. The minimum Gasteiger partial charge on any atom is -0.299 e. The van der Waals surface area contributed by atoms with Gasteiger partial charge in [0.2, 0.25) is 0 Å². The smallest absolute Gasteiger partial charge is 0.174 e. The second-order valence-electron chi connectivity index (χ2n) is 6.61. The second-order valence-corrected chi connectivity index (χ2v) is 6.61. The zero-order chi connectivity index (χ0) is 14.6. The van der Waals surface area contributed by atoms with E-state index in [0.29, 0.717) is 12.0 Å². The molecular formula is C18H18O3. The van der Waals surface area contributed by atoms with Gasteiger partial charge in [-0.15, -0.1) is 0 Å². The summed E-state index contributed by atoms with van der Waals surface area (Å²) in [6.07, 6.45) is 4.20. The molecule has 3 nitrogen and oxygen atoms in total. The summed E-state index contributed by atoms with van der Waals surface area (Å²) in [7, 11) is 0. The topological polar surface area (TPSA) is 51.2 Å². The molecule has 4 unspecified atom stereocenters. The van der Waals surface area contributed by atoms with Gasteiger partial charge in [-0.2, -0.15) is 0 Å². The van der Waals surface area contributed by atoms with Gasteiger partial charge in [0, 0.05) is 23.3 Å². The lowest BCUT2D eigenvalue weighted by atomic mass is 9.57. The van der Waals surface area contributed by atoms with E-state index in [9.17, 15) is 14.4 Å². The van der Waals surface area contributed by atoms with Crippen molar-refractivity contribution in [3.8, 4) is 0 Å². The molecule has 1 aromatic carbocycles. The standard InChI is InChI=1S/C18H18O3/c19-16-12-7-3-4-8-13(12)18(21)15-14(16)9-10-5-1-2-6-11(10)17(15)20/h1-2,5-6,12-15H,3-4,7-9H2. The van der Waals surface area contributed by atoms with Crippen molar-refractivity contribution in [2.45, 2.75) is 32.1 Å². The third kappa shape index (κ3) is 1.76. The molecule has 0 bridgehead atoms. The van der Waals surface area contributed by atoms with Crippen molar-refractivity contribution in [1.82, 2.24) is 0 Å². The highest BCUT2D eigenvalue weighted by atomic mass is 16.2. The molecule has 0 saturated heterocycles. The van der Waals surface area contributed by atoms with E-state index >= 15 is 0 Å². The number of fused-ring (bicyclic) bond motifs is 3. The fourth-order valence-corrected chi connectivity index (χ4v) is 4.55. The van der Waals surface area contributed by atoms with Crippen molar-refractivity contribution in [2.75, 3.05) is 0 Å². The number of ketones is 3. The average molecular weight is 282 g/mol. The van der Waals surface area contributed by atoms with E-state index < -0.39 is 11.8 Å². The van der Waals surface area contributed by atoms with Crippen molar-refractivity contribution in [2.24, 2.45) is 23.7 Å². The summed E-state index contributed by atoms with van der Waals surface area (Å²) in [5.41, 5.74) is 1.58. The Labute approximate surface area is 123 Å². The number of rotatable bonds is 0. The lowest BCUT2D eigenvalue weighted by molar-refractivity contribution is -0.147. The number of hydrogen-bond acceptors (Lipinski definition) is 3. The van der Waals surface area contributed by atoms with E-state index in [2.05, 4.69) is 0 Å². The van der Waals surface area contributed by atoms with Crippen molar-refractivity contribution in [3.63, 3.8) is 0 Å². The van der Waals surface area contributed by atoms with Crippen LogP contribution in [-0.4, -0.2) is 17.3 Å². The molecule has 2 fully saturated rings. The van der Waals surface area contributed by atoms with E-state index in [1.165, 1.54) is 0 Å². The van der Waals surface area contributed by atoms with Gasteiger partial charge >= 0.3 is 0 Å². The Morgan fingerprint density at radius 1 is 0.810 bits per heavy atom. The fourth-order valence-electron chi connectivity index (χ4n) is 4.55. The van der Waals surface area contributed by atoms with Crippen LogP contribution in [-0.2, 0) is 16.0 Å². The van der Waals surface area contributed by atoms with Gasteiger partial charge in [0.15, 0.2) is 5.78 Å². The molecule has 0 spiro atoms. The summed E-state index contributed by atoms with van der Waals surface area (Å²) in [4.78, 5) is 38.3. The molecule has 3 heteroatoms. The van der Waals surface area contributed by atoms with Crippen LogP contribution in [0.1, 0.15) is 41.6 Å². The van der Waals surface area contributed by atoms with E-state index in [0.717, 1.165) is 31.2 Å². The monoisotopic (exact) mass is 282 g/mol. The normalized spacial score (nSPS) is 35.0. The molecule has 0 aromatic heterocycles. The summed E-state index contributed by atoms with van der Waals surface area (Å²) in [6, 6.07) is 7.42. The molecule has 2 saturated carbocycles. The van der Waals surface area contributed by atoms with Gasteiger partial charge in [-0.25, -0.2) is 0 Å². The van der Waals surface area contributed by atoms with Gasteiger partial charge in [-0.05, 0) is 24.8 Å². The van der Waals surface area contributed by atoms with Gasteiger partial charge < -0.3 is 0 Å². The molecule has 4 atom stereocenters. The van der Waals surface area contributed by atoms with Crippen molar-refractivity contribution >= 4 is 17.3 Å². The SMILES string of the molecule is O=C1C2CCCCC2C(=O)C2C(=O)c3ccccc3CC12. The minimum absolute atomic E-state index is 0.0452. The summed E-state index contributed by atoms with van der Waals surface area (Å²) in [6.45, 7) is 0. The van der Waals surface area contributed by atoms with Gasteiger partial charge in [-0.1, -0.05) is 37.1 Å². The maximum absolute atomic E-state index is 12.8. The highest BCUT2D eigenvalue weighted by Gasteiger charge is 2.54. The second kappa shape index (κ2) is 4.62. The Balaban J connectivity index is 1.79. The molecule has 21 heavy (non-hydrogen) atoms. The predicted octanol–water partition coefficient (Wildman–Crippen LogP) is 2.62. The number of carbonyl (C=O) groups is 3. The van der Waals surface area contributed by atoms with Crippen LogP contribution in [0, 0.1) is 23.7 Å². The molecule has 0 N–H and O–H groups in total. The third-order valence-corrected chi connectivity index (χ3v) is 5.58. The van der Waals surface area contributed by atoms with E-state index in [1.54, 1.807) is 6.07 Å². The summed E-state index contributed by atoms with van der Waals surface area (Å²) in [5.74, 6) is -1.32. The van der Waals surface area contributed by atoms with Crippen molar-refractivity contribution in [3.05, 3.63) is 35.4 Å². The first-order chi connectivity index (χ1) is 10.2. The summed E-state index contributed by atoms with van der Waals surface area (Å²) >= 11 is 0. The molecule has 108 valence electrons. The number of hydrogen-bond donors (Lipinski definition) is 0. The molecule has 4 rings (SSSR count). The molecule has 0 amide bonds. The van der Waals surface area contributed by atoms with E-state index in [1.807, 2.05) is 18.2 Å². The maximum Gasteiger partial charge on any atom is 0.174 e. The fraction of sp³-hybridized carbons (Fsp3) is 0.500. The van der Waals surface area contributed by atoms with Crippen LogP contribution in [0.15, 0.2) is 24.3 Å².